The SMILES string of the molecule is CCc1occc1C(=O)N1C[C@@H]2CCCN[C@@H]2C1. The van der Waals surface area contributed by atoms with Gasteiger partial charge < -0.3 is 14.6 Å². The van der Waals surface area contributed by atoms with Gasteiger partial charge in [0, 0.05) is 25.6 Å². The van der Waals surface area contributed by atoms with E-state index in [1.54, 1.807) is 12.3 Å². The van der Waals surface area contributed by atoms with Gasteiger partial charge in [0.1, 0.15) is 5.76 Å². The van der Waals surface area contributed by atoms with Gasteiger partial charge in [0.2, 0.25) is 0 Å². The molecule has 2 fully saturated rings. The number of rotatable bonds is 2. The normalized spacial score (nSPS) is 27.3. The number of likely N-dealkylation sites (tertiary alicyclic amines) is 1. The molecule has 2 saturated heterocycles. The summed E-state index contributed by atoms with van der Waals surface area (Å²) in [4.78, 5) is 14.5. The Morgan fingerprint density at radius 2 is 2.44 bits per heavy atom. The van der Waals surface area contributed by atoms with E-state index in [0.717, 1.165) is 37.4 Å². The van der Waals surface area contributed by atoms with Crippen LogP contribution in [0.1, 0.15) is 35.9 Å². The predicted molar refractivity (Wildman–Crippen MR) is 68.5 cm³/mol. The third-order valence-corrected chi connectivity index (χ3v) is 4.18. The number of carbonyl (C=O) groups excluding carboxylic acids is 1. The topological polar surface area (TPSA) is 45.5 Å². The first kappa shape index (κ1) is 11.8. The largest absolute Gasteiger partial charge is 0.469 e. The molecule has 0 radical (unpaired) electrons. The van der Waals surface area contributed by atoms with Gasteiger partial charge in [0.05, 0.1) is 11.8 Å². The van der Waals surface area contributed by atoms with Crippen LogP contribution in [-0.4, -0.2) is 36.5 Å². The van der Waals surface area contributed by atoms with E-state index in [1.165, 1.54) is 12.8 Å². The Kier molecular flexibility index (Phi) is 3.12. The highest BCUT2D eigenvalue weighted by Gasteiger charge is 2.37. The van der Waals surface area contributed by atoms with Crippen LogP contribution in [0.15, 0.2) is 16.7 Å². The van der Waals surface area contributed by atoms with Gasteiger partial charge in [0.15, 0.2) is 0 Å². The number of nitrogens with zero attached hydrogens (tertiary/aromatic N) is 1. The molecule has 0 aliphatic carbocycles. The highest BCUT2D eigenvalue weighted by atomic mass is 16.3. The maximum Gasteiger partial charge on any atom is 0.257 e. The molecule has 2 aliphatic rings. The molecule has 18 heavy (non-hydrogen) atoms. The molecule has 3 heterocycles. The summed E-state index contributed by atoms with van der Waals surface area (Å²) in [6.45, 7) is 4.85. The first-order valence-electron chi connectivity index (χ1n) is 6.88. The molecule has 3 rings (SSSR count). The van der Waals surface area contributed by atoms with E-state index < -0.39 is 0 Å². The molecule has 4 heteroatoms. The molecular weight excluding hydrogens is 228 g/mol. The summed E-state index contributed by atoms with van der Waals surface area (Å²) in [5, 5.41) is 3.52. The lowest BCUT2D eigenvalue weighted by atomic mass is 9.94. The van der Waals surface area contributed by atoms with E-state index >= 15 is 0 Å². The molecular formula is C14H20N2O2. The van der Waals surface area contributed by atoms with Gasteiger partial charge in [-0.2, -0.15) is 0 Å². The van der Waals surface area contributed by atoms with E-state index in [-0.39, 0.29) is 5.91 Å². The summed E-state index contributed by atoms with van der Waals surface area (Å²) < 4.78 is 5.35. The van der Waals surface area contributed by atoms with Crippen LogP contribution in [0.3, 0.4) is 0 Å². The van der Waals surface area contributed by atoms with Crippen molar-refractivity contribution < 1.29 is 9.21 Å². The molecule has 2 atom stereocenters. The van der Waals surface area contributed by atoms with Crippen LogP contribution in [0.4, 0.5) is 0 Å². The molecule has 0 bridgehead atoms. The van der Waals surface area contributed by atoms with E-state index in [4.69, 9.17) is 4.42 Å². The van der Waals surface area contributed by atoms with Crippen molar-refractivity contribution in [3.8, 4) is 0 Å². The first-order chi connectivity index (χ1) is 8.79. The highest BCUT2D eigenvalue weighted by Crippen LogP contribution is 2.26. The molecule has 4 nitrogen and oxygen atoms in total. The number of amides is 1. The number of carbonyl (C=O) groups is 1. The number of piperidine rings is 1. The molecule has 1 aromatic heterocycles. The zero-order valence-corrected chi connectivity index (χ0v) is 10.8. The molecule has 1 aromatic rings. The molecule has 0 spiro atoms. The molecule has 1 amide bonds. The van der Waals surface area contributed by atoms with Gasteiger partial charge >= 0.3 is 0 Å². The number of fused-ring (bicyclic) bond motifs is 1. The second-order valence-electron chi connectivity index (χ2n) is 5.28. The minimum atomic E-state index is 0.136. The van der Waals surface area contributed by atoms with Crippen molar-refractivity contribution in [2.75, 3.05) is 19.6 Å². The fourth-order valence-electron chi connectivity index (χ4n) is 3.19. The average molecular weight is 248 g/mol. The first-order valence-corrected chi connectivity index (χ1v) is 6.88. The fourth-order valence-corrected chi connectivity index (χ4v) is 3.19. The third-order valence-electron chi connectivity index (χ3n) is 4.18. The lowest BCUT2D eigenvalue weighted by molar-refractivity contribution is 0.0783. The van der Waals surface area contributed by atoms with Crippen molar-refractivity contribution in [2.24, 2.45) is 5.92 Å². The van der Waals surface area contributed by atoms with Crippen LogP contribution >= 0.6 is 0 Å². The Balaban J connectivity index is 1.74. The van der Waals surface area contributed by atoms with Crippen molar-refractivity contribution in [1.29, 1.82) is 0 Å². The van der Waals surface area contributed by atoms with Crippen molar-refractivity contribution in [3.05, 3.63) is 23.7 Å². The van der Waals surface area contributed by atoms with Gasteiger partial charge in [-0.1, -0.05) is 6.92 Å². The number of furan rings is 1. The molecule has 0 saturated carbocycles. The summed E-state index contributed by atoms with van der Waals surface area (Å²) >= 11 is 0. The van der Waals surface area contributed by atoms with Gasteiger partial charge in [0.25, 0.3) is 5.91 Å². The fraction of sp³-hybridized carbons (Fsp3) is 0.643. The molecule has 0 unspecified atom stereocenters. The standard InChI is InChI=1S/C14H20N2O2/c1-2-13-11(5-7-18-13)14(17)16-8-10-4-3-6-15-12(10)9-16/h5,7,10,12,15H,2-4,6,8-9H2,1H3/t10-,12+/m0/s1. The monoisotopic (exact) mass is 248 g/mol. The maximum absolute atomic E-state index is 12.5. The Morgan fingerprint density at radius 1 is 1.56 bits per heavy atom. The van der Waals surface area contributed by atoms with Crippen LogP contribution in [0, 0.1) is 5.92 Å². The lowest BCUT2D eigenvalue weighted by Crippen LogP contribution is -2.41. The Labute approximate surface area is 107 Å². The second-order valence-corrected chi connectivity index (χ2v) is 5.28. The third kappa shape index (κ3) is 1.94. The molecule has 0 aromatic carbocycles. The quantitative estimate of drug-likeness (QED) is 0.866. The van der Waals surface area contributed by atoms with E-state index in [2.05, 4.69) is 5.32 Å². The van der Waals surface area contributed by atoms with E-state index in [0.29, 0.717) is 12.0 Å². The van der Waals surface area contributed by atoms with Crippen molar-refractivity contribution in [2.45, 2.75) is 32.2 Å². The van der Waals surface area contributed by atoms with Crippen molar-refractivity contribution in [1.82, 2.24) is 10.2 Å². The van der Waals surface area contributed by atoms with E-state index in [9.17, 15) is 4.79 Å². The van der Waals surface area contributed by atoms with Gasteiger partial charge in [-0.15, -0.1) is 0 Å². The van der Waals surface area contributed by atoms with Crippen LogP contribution < -0.4 is 5.32 Å². The zero-order chi connectivity index (χ0) is 12.5. The summed E-state index contributed by atoms with van der Waals surface area (Å²) in [6, 6.07) is 2.30. The Bertz CT molecular complexity index is 427. The number of nitrogens with one attached hydrogen (secondary N) is 1. The van der Waals surface area contributed by atoms with Crippen LogP contribution in [-0.2, 0) is 6.42 Å². The summed E-state index contributed by atoms with van der Waals surface area (Å²) in [5.74, 6) is 1.58. The molecule has 98 valence electrons. The highest BCUT2D eigenvalue weighted by molar-refractivity contribution is 5.95. The smallest absolute Gasteiger partial charge is 0.257 e. The summed E-state index contributed by atoms with van der Waals surface area (Å²) in [5.41, 5.74) is 0.746. The van der Waals surface area contributed by atoms with E-state index in [1.807, 2.05) is 11.8 Å². The Hall–Kier alpha value is -1.29. The molecule has 1 N–H and O–H groups in total. The predicted octanol–water partition coefficient (Wildman–Crippen LogP) is 1.67. The van der Waals surface area contributed by atoms with Gasteiger partial charge in [-0.3, -0.25) is 4.79 Å². The lowest BCUT2D eigenvalue weighted by Gasteiger charge is -2.24. The minimum absolute atomic E-state index is 0.136. The second kappa shape index (κ2) is 4.76. The van der Waals surface area contributed by atoms with Gasteiger partial charge in [-0.05, 0) is 31.4 Å². The number of hydrogen-bond donors (Lipinski definition) is 1. The van der Waals surface area contributed by atoms with Crippen molar-refractivity contribution >= 4 is 5.91 Å². The van der Waals surface area contributed by atoms with Crippen LogP contribution in [0.25, 0.3) is 0 Å². The van der Waals surface area contributed by atoms with Crippen LogP contribution in [0.2, 0.25) is 0 Å². The van der Waals surface area contributed by atoms with Crippen molar-refractivity contribution in [3.63, 3.8) is 0 Å². The Morgan fingerprint density at radius 3 is 3.22 bits per heavy atom. The zero-order valence-electron chi connectivity index (χ0n) is 10.8. The number of hydrogen-bond acceptors (Lipinski definition) is 3. The summed E-state index contributed by atoms with van der Waals surface area (Å²) in [6.07, 6.45) is 4.86. The number of aryl methyl sites for hydroxylation is 1. The maximum atomic E-state index is 12.5. The summed E-state index contributed by atoms with van der Waals surface area (Å²) in [7, 11) is 0. The van der Waals surface area contributed by atoms with Gasteiger partial charge in [-0.25, -0.2) is 0 Å². The average Bonchev–Trinajstić information content (AvgIpc) is 3.03. The minimum Gasteiger partial charge on any atom is -0.469 e. The molecule has 2 aliphatic heterocycles. The van der Waals surface area contributed by atoms with Crippen LogP contribution in [0.5, 0.6) is 0 Å².